The molecular formula is C16H17F2N3OS. The van der Waals surface area contributed by atoms with Crippen LogP contribution in [-0.2, 0) is 11.2 Å². The monoisotopic (exact) mass is 337 g/mol. The van der Waals surface area contributed by atoms with E-state index in [1.165, 1.54) is 12.1 Å². The van der Waals surface area contributed by atoms with Crippen LogP contribution >= 0.6 is 11.3 Å². The van der Waals surface area contributed by atoms with Crippen LogP contribution in [-0.4, -0.2) is 42.0 Å². The third-order valence-electron chi connectivity index (χ3n) is 3.96. The number of piperazine rings is 1. The average molecular weight is 337 g/mol. The van der Waals surface area contributed by atoms with Gasteiger partial charge in [-0.25, -0.2) is 13.8 Å². The number of carbonyl (C=O) groups is 1. The van der Waals surface area contributed by atoms with Crippen LogP contribution < -0.4 is 4.90 Å². The molecular weight excluding hydrogens is 320 g/mol. The third kappa shape index (κ3) is 3.67. The fourth-order valence-corrected chi connectivity index (χ4v) is 3.36. The Morgan fingerprint density at radius 1 is 1.22 bits per heavy atom. The summed E-state index contributed by atoms with van der Waals surface area (Å²) < 4.78 is 26.7. The number of benzene rings is 1. The molecule has 0 atom stereocenters. The second-order valence-corrected chi connectivity index (χ2v) is 6.27. The number of aryl methyl sites for hydroxylation is 1. The lowest BCUT2D eigenvalue weighted by Crippen LogP contribution is -2.48. The molecule has 1 aromatic carbocycles. The van der Waals surface area contributed by atoms with Crippen molar-refractivity contribution in [2.45, 2.75) is 12.8 Å². The molecule has 1 fully saturated rings. The second kappa shape index (κ2) is 7.04. The zero-order chi connectivity index (χ0) is 16.2. The van der Waals surface area contributed by atoms with Crippen molar-refractivity contribution in [3.63, 3.8) is 0 Å². The van der Waals surface area contributed by atoms with E-state index in [1.807, 2.05) is 5.38 Å². The lowest BCUT2D eigenvalue weighted by Gasteiger charge is -2.34. The summed E-state index contributed by atoms with van der Waals surface area (Å²) in [6.07, 6.45) is 2.18. The van der Waals surface area contributed by atoms with Crippen LogP contribution in [0.15, 0.2) is 29.8 Å². The lowest BCUT2D eigenvalue weighted by molar-refractivity contribution is -0.131. The molecule has 4 nitrogen and oxygen atoms in total. The maximum absolute atomic E-state index is 13.6. The maximum atomic E-state index is 13.6. The Morgan fingerprint density at radius 2 is 2.00 bits per heavy atom. The first kappa shape index (κ1) is 15.9. The first-order chi connectivity index (χ1) is 11.1. The van der Waals surface area contributed by atoms with Crippen LogP contribution in [0.2, 0.25) is 0 Å². The van der Waals surface area contributed by atoms with E-state index in [0.717, 1.165) is 24.3 Å². The summed E-state index contributed by atoms with van der Waals surface area (Å²) in [6, 6.07) is 4.07. The average Bonchev–Trinajstić information content (AvgIpc) is 3.10. The Labute approximate surface area is 137 Å². The first-order valence-corrected chi connectivity index (χ1v) is 8.38. The summed E-state index contributed by atoms with van der Waals surface area (Å²) in [5.74, 6) is -1.74. The number of carbonyl (C=O) groups excluding carboxylic acids is 1. The van der Waals surface area contributed by atoms with Crippen molar-refractivity contribution in [2.24, 2.45) is 0 Å². The van der Waals surface area contributed by atoms with E-state index >= 15 is 0 Å². The van der Waals surface area contributed by atoms with Gasteiger partial charge in [-0.05, 0) is 18.1 Å². The Bertz CT molecular complexity index is 670. The van der Waals surface area contributed by atoms with Gasteiger partial charge in [-0.15, -0.1) is 11.3 Å². The molecule has 1 amide bonds. The second-order valence-electron chi connectivity index (χ2n) is 5.40. The van der Waals surface area contributed by atoms with Crippen molar-refractivity contribution >= 4 is 22.4 Å². The van der Waals surface area contributed by atoms with Gasteiger partial charge in [0.15, 0.2) is 16.8 Å². The number of thiazole rings is 1. The summed E-state index contributed by atoms with van der Waals surface area (Å²) in [4.78, 5) is 20.4. The minimum Gasteiger partial charge on any atom is -0.345 e. The third-order valence-corrected chi connectivity index (χ3v) is 4.79. The quantitative estimate of drug-likeness (QED) is 0.861. The van der Waals surface area contributed by atoms with Crippen LogP contribution in [0.1, 0.15) is 12.0 Å². The van der Waals surface area contributed by atoms with Gasteiger partial charge < -0.3 is 9.80 Å². The van der Waals surface area contributed by atoms with Gasteiger partial charge in [0.1, 0.15) is 0 Å². The van der Waals surface area contributed by atoms with E-state index in [-0.39, 0.29) is 24.3 Å². The highest BCUT2D eigenvalue weighted by Gasteiger charge is 2.22. The minimum atomic E-state index is -0.869. The molecule has 0 spiro atoms. The van der Waals surface area contributed by atoms with Gasteiger partial charge in [0.05, 0.1) is 0 Å². The Kier molecular flexibility index (Phi) is 4.85. The van der Waals surface area contributed by atoms with Gasteiger partial charge >= 0.3 is 0 Å². The molecule has 0 saturated carbocycles. The predicted octanol–water partition coefficient (Wildman–Crippen LogP) is 2.70. The highest BCUT2D eigenvalue weighted by molar-refractivity contribution is 7.13. The standard InChI is InChI=1S/C16H17F2N3OS/c17-13-3-1-2-12(15(13)18)4-5-14(22)20-7-9-21(10-8-20)16-19-6-11-23-16/h1-3,6,11H,4-5,7-10H2. The van der Waals surface area contributed by atoms with Crippen molar-refractivity contribution in [2.75, 3.05) is 31.1 Å². The SMILES string of the molecule is O=C(CCc1cccc(F)c1F)N1CCN(c2nccs2)CC1. The van der Waals surface area contributed by atoms with Gasteiger partial charge in [0.25, 0.3) is 0 Å². The summed E-state index contributed by atoms with van der Waals surface area (Å²) in [5, 5.41) is 2.90. The van der Waals surface area contributed by atoms with Crippen LogP contribution in [0.3, 0.4) is 0 Å². The van der Waals surface area contributed by atoms with Crippen LogP contribution in [0.4, 0.5) is 13.9 Å². The highest BCUT2D eigenvalue weighted by Crippen LogP contribution is 2.19. The molecule has 3 rings (SSSR count). The topological polar surface area (TPSA) is 36.4 Å². The van der Waals surface area contributed by atoms with Crippen LogP contribution in [0.25, 0.3) is 0 Å². The van der Waals surface area contributed by atoms with Crippen LogP contribution in [0, 0.1) is 11.6 Å². The molecule has 1 saturated heterocycles. The zero-order valence-electron chi connectivity index (χ0n) is 12.5. The fourth-order valence-electron chi connectivity index (χ4n) is 2.66. The number of halogens is 2. The molecule has 0 aliphatic carbocycles. The molecule has 1 aliphatic heterocycles. The summed E-state index contributed by atoms with van der Waals surface area (Å²) >= 11 is 1.58. The summed E-state index contributed by atoms with van der Waals surface area (Å²) in [5.41, 5.74) is 0.250. The van der Waals surface area contributed by atoms with E-state index in [9.17, 15) is 13.6 Å². The number of nitrogens with zero attached hydrogens (tertiary/aromatic N) is 3. The number of rotatable bonds is 4. The largest absolute Gasteiger partial charge is 0.345 e. The predicted molar refractivity (Wildman–Crippen MR) is 85.6 cm³/mol. The van der Waals surface area contributed by atoms with E-state index in [2.05, 4.69) is 9.88 Å². The Balaban J connectivity index is 1.51. The smallest absolute Gasteiger partial charge is 0.223 e. The molecule has 122 valence electrons. The highest BCUT2D eigenvalue weighted by atomic mass is 32.1. The normalized spacial score (nSPS) is 15.0. The molecule has 23 heavy (non-hydrogen) atoms. The van der Waals surface area contributed by atoms with E-state index in [1.54, 1.807) is 22.4 Å². The number of anilines is 1. The minimum absolute atomic E-state index is 0.0209. The van der Waals surface area contributed by atoms with Crippen molar-refractivity contribution < 1.29 is 13.6 Å². The molecule has 1 aliphatic rings. The molecule has 2 heterocycles. The number of amides is 1. The van der Waals surface area contributed by atoms with E-state index in [0.29, 0.717) is 13.1 Å². The van der Waals surface area contributed by atoms with Gasteiger partial charge in [0.2, 0.25) is 5.91 Å². The number of hydrogen-bond donors (Lipinski definition) is 0. The Morgan fingerprint density at radius 3 is 2.70 bits per heavy atom. The Hall–Kier alpha value is -2.02. The van der Waals surface area contributed by atoms with Gasteiger partial charge in [0, 0.05) is 44.2 Å². The first-order valence-electron chi connectivity index (χ1n) is 7.50. The van der Waals surface area contributed by atoms with Crippen LogP contribution in [0.5, 0.6) is 0 Å². The summed E-state index contributed by atoms with van der Waals surface area (Å²) in [7, 11) is 0. The van der Waals surface area contributed by atoms with Crippen molar-refractivity contribution in [1.29, 1.82) is 0 Å². The van der Waals surface area contributed by atoms with Crippen molar-refractivity contribution in [1.82, 2.24) is 9.88 Å². The van der Waals surface area contributed by atoms with Gasteiger partial charge in [-0.3, -0.25) is 4.79 Å². The fraction of sp³-hybridized carbons (Fsp3) is 0.375. The van der Waals surface area contributed by atoms with Crippen molar-refractivity contribution in [3.8, 4) is 0 Å². The molecule has 2 aromatic rings. The molecule has 0 unspecified atom stereocenters. The van der Waals surface area contributed by atoms with Gasteiger partial charge in [-0.1, -0.05) is 12.1 Å². The molecule has 0 bridgehead atoms. The van der Waals surface area contributed by atoms with Gasteiger partial charge in [-0.2, -0.15) is 0 Å². The lowest BCUT2D eigenvalue weighted by atomic mass is 10.1. The molecule has 0 N–H and O–H groups in total. The number of aromatic nitrogens is 1. The van der Waals surface area contributed by atoms with Crippen molar-refractivity contribution in [3.05, 3.63) is 47.0 Å². The van der Waals surface area contributed by atoms with E-state index < -0.39 is 11.6 Å². The molecule has 1 aromatic heterocycles. The summed E-state index contributed by atoms with van der Waals surface area (Å²) in [6.45, 7) is 2.75. The maximum Gasteiger partial charge on any atom is 0.223 e. The zero-order valence-corrected chi connectivity index (χ0v) is 13.4. The molecule has 0 radical (unpaired) electrons. The van der Waals surface area contributed by atoms with E-state index in [4.69, 9.17) is 0 Å². The number of hydrogen-bond acceptors (Lipinski definition) is 4. The molecule has 7 heteroatoms.